The standard InChI is InChI=1S/C18H30N4O2/c1-12(20-13-6-7-13)15-14-8-9-18(2,3)16(14)22(21-15)11-5-10-19-17(23)24-4/h12-13,20H,5-11H2,1-4H3,(H,19,23)/t12-/m1/s1. The first kappa shape index (κ1) is 17.3. The molecule has 3 rings (SSSR count). The summed E-state index contributed by atoms with van der Waals surface area (Å²) in [4.78, 5) is 11.2. The lowest BCUT2D eigenvalue weighted by molar-refractivity contribution is 0.170. The van der Waals surface area contributed by atoms with Gasteiger partial charge in [-0.05, 0) is 44.6 Å². The second-order valence-electron chi connectivity index (χ2n) is 7.75. The van der Waals surface area contributed by atoms with Crippen molar-refractivity contribution in [3.63, 3.8) is 0 Å². The van der Waals surface area contributed by atoms with E-state index in [1.807, 2.05) is 0 Å². The van der Waals surface area contributed by atoms with Gasteiger partial charge in [0.2, 0.25) is 0 Å². The number of fused-ring (bicyclic) bond motifs is 1. The second kappa shape index (κ2) is 6.75. The van der Waals surface area contributed by atoms with Crippen molar-refractivity contribution in [1.29, 1.82) is 0 Å². The highest BCUT2D eigenvalue weighted by Gasteiger charge is 2.38. The van der Waals surface area contributed by atoms with Crippen LogP contribution in [-0.2, 0) is 23.1 Å². The maximum Gasteiger partial charge on any atom is 0.406 e. The average molecular weight is 334 g/mol. The summed E-state index contributed by atoms with van der Waals surface area (Å²) in [5, 5.41) is 11.4. The molecule has 1 heterocycles. The normalized spacial score (nSPS) is 19.8. The van der Waals surface area contributed by atoms with Gasteiger partial charge in [-0.1, -0.05) is 13.8 Å². The zero-order valence-electron chi connectivity index (χ0n) is 15.3. The summed E-state index contributed by atoms with van der Waals surface area (Å²) >= 11 is 0. The number of alkyl carbamates (subject to hydrolysis) is 1. The minimum Gasteiger partial charge on any atom is -0.453 e. The molecule has 2 N–H and O–H groups in total. The highest BCUT2D eigenvalue weighted by atomic mass is 16.5. The third-order valence-electron chi connectivity index (χ3n) is 5.20. The molecule has 0 aliphatic heterocycles. The van der Waals surface area contributed by atoms with Crippen molar-refractivity contribution >= 4 is 6.09 Å². The van der Waals surface area contributed by atoms with Crippen LogP contribution in [0.4, 0.5) is 4.79 Å². The van der Waals surface area contributed by atoms with Crippen LogP contribution < -0.4 is 10.6 Å². The van der Waals surface area contributed by atoms with Crippen molar-refractivity contribution < 1.29 is 9.53 Å². The molecule has 0 unspecified atom stereocenters. The van der Waals surface area contributed by atoms with Crippen LogP contribution in [0.2, 0.25) is 0 Å². The number of methoxy groups -OCH3 is 1. The van der Waals surface area contributed by atoms with E-state index in [0.29, 0.717) is 18.6 Å². The van der Waals surface area contributed by atoms with Gasteiger partial charge in [0, 0.05) is 36.3 Å². The molecule has 0 bridgehead atoms. The summed E-state index contributed by atoms with van der Waals surface area (Å²) in [6.45, 7) is 8.28. The smallest absolute Gasteiger partial charge is 0.406 e. The third kappa shape index (κ3) is 3.58. The minimum atomic E-state index is -0.371. The molecule has 0 spiro atoms. The van der Waals surface area contributed by atoms with E-state index in [1.54, 1.807) is 0 Å². The number of ether oxygens (including phenoxy) is 1. The zero-order chi connectivity index (χ0) is 17.3. The van der Waals surface area contributed by atoms with Gasteiger partial charge >= 0.3 is 6.09 Å². The number of amides is 1. The molecule has 24 heavy (non-hydrogen) atoms. The van der Waals surface area contributed by atoms with Gasteiger partial charge in [0.05, 0.1) is 12.8 Å². The lowest BCUT2D eigenvalue weighted by atomic mass is 9.90. The molecule has 2 aliphatic rings. The lowest BCUT2D eigenvalue weighted by Gasteiger charge is -2.20. The zero-order valence-corrected chi connectivity index (χ0v) is 15.3. The highest BCUT2D eigenvalue weighted by molar-refractivity contribution is 5.66. The number of carbonyl (C=O) groups is 1. The van der Waals surface area contributed by atoms with Crippen LogP contribution in [0.1, 0.15) is 69.4 Å². The fourth-order valence-corrected chi connectivity index (χ4v) is 3.76. The van der Waals surface area contributed by atoms with E-state index in [2.05, 4.69) is 40.8 Å². The molecule has 134 valence electrons. The number of nitrogens with zero attached hydrogens (tertiary/aromatic N) is 2. The Morgan fingerprint density at radius 3 is 2.88 bits per heavy atom. The molecule has 6 heteroatoms. The predicted octanol–water partition coefficient (Wildman–Crippen LogP) is 2.67. The van der Waals surface area contributed by atoms with Crippen LogP contribution in [-0.4, -0.2) is 35.6 Å². The Hall–Kier alpha value is -1.56. The van der Waals surface area contributed by atoms with Crippen molar-refractivity contribution in [3.05, 3.63) is 17.0 Å². The van der Waals surface area contributed by atoms with Gasteiger partial charge in [0.1, 0.15) is 0 Å². The van der Waals surface area contributed by atoms with Crippen molar-refractivity contribution in [1.82, 2.24) is 20.4 Å². The van der Waals surface area contributed by atoms with Crippen LogP contribution in [0.15, 0.2) is 0 Å². The molecule has 0 aromatic carbocycles. The average Bonchev–Trinajstić information content (AvgIpc) is 3.18. The molecule has 0 saturated heterocycles. The van der Waals surface area contributed by atoms with Gasteiger partial charge in [-0.15, -0.1) is 0 Å². The van der Waals surface area contributed by atoms with E-state index in [1.165, 1.54) is 43.3 Å². The summed E-state index contributed by atoms with van der Waals surface area (Å²) in [6.07, 6.45) is 5.36. The largest absolute Gasteiger partial charge is 0.453 e. The predicted molar refractivity (Wildman–Crippen MR) is 93.2 cm³/mol. The second-order valence-corrected chi connectivity index (χ2v) is 7.75. The Kier molecular flexibility index (Phi) is 4.85. The first-order valence-corrected chi connectivity index (χ1v) is 9.10. The van der Waals surface area contributed by atoms with Gasteiger partial charge in [0.25, 0.3) is 0 Å². The lowest BCUT2D eigenvalue weighted by Crippen LogP contribution is -2.26. The van der Waals surface area contributed by atoms with E-state index >= 15 is 0 Å². The summed E-state index contributed by atoms with van der Waals surface area (Å²) in [7, 11) is 1.39. The Labute approximate surface area is 144 Å². The quantitative estimate of drug-likeness (QED) is 0.752. The molecule has 1 fully saturated rings. The molecule has 6 nitrogen and oxygen atoms in total. The number of hydrogen-bond acceptors (Lipinski definition) is 4. The number of aryl methyl sites for hydroxylation is 1. The van der Waals surface area contributed by atoms with Gasteiger partial charge in [-0.25, -0.2) is 4.79 Å². The van der Waals surface area contributed by atoms with E-state index in [9.17, 15) is 4.79 Å². The molecule has 1 atom stereocenters. The topological polar surface area (TPSA) is 68.2 Å². The van der Waals surface area contributed by atoms with Crippen molar-refractivity contribution in [2.24, 2.45) is 0 Å². The number of aromatic nitrogens is 2. The number of nitrogens with one attached hydrogen (secondary N) is 2. The Bertz CT molecular complexity index is 604. The third-order valence-corrected chi connectivity index (χ3v) is 5.20. The fourth-order valence-electron chi connectivity index (χ4n) is 3.76. The Morgan fingerprint density at radius 1 is 1.46 bits per heavy atom. The van der Waals surface area contributed by atoms with Crippen LogP contribution in [0, 0.1) is 0 Å². The van der Waals surface area contributed by atoms with Crippen LogP contribution in [0.25, 0.3) is 0 Å². The van der Waals surface area contributed by atoms with E-state index in [4.69, 9.17) is 5.10 Å². The van der Waals surface area contributed by atoms with Crippen molar-refractivity contribution in [2.75, 3.05) is 13.7 Å². The summed E-state index contributed by atoms with van der Waals surface area (Å²) in [6, 6.07) is 0.995. The van der Waals surface area contributed by atoms with Gasteiger partial charge < -0.3 is 15.4 Å². The fraction of sp³-hybridized carbons (Fsp3) is 0.778. The van der Waals surface area contributed by atoms with Gasteiger partial charge in [-0.2, -0.15) is 5.10 Å². The Morgan fingerprint density at radius 2 is 2.21 bits per heavy atom. The monoisotopic (exact) mass is 334 g/mol. The van der Waals surface area contributed by atoms with Crippen LogP contribution >= 0.6 is 0 Å². The summed E-state index contributed by atoms with van der Waals surface area (Å²) in [5.74, 6) is 0. The van der Waals surface area contributed by atoms with Crippen molar-refractivity contribution in [2.45, 2.75) is 76.9 Å². The van der Waals surface area contributed by atoms with Crippen LogP contribution in [0.5, 0.6) is 0 Å². The van der Waals surface area contributed by atoms with Crippen LogP contribution in [0.3, 0.4) is 0 Å². The first-order chi connectivity index (χ1) is 11.4. The molecule has 1 saturated carbocycles. The van der Waals surface area contributed by atoms with E-state index in [-0.39, 0.29) is 11.5 Å². The van der Waals surface area contributed by atoms with Crippen molar-refractivity contribution in [3.8, 4) is 0 Å². The molecule has 1 aromatic heterocycles. The Balaban J connectivity index is 1.72. The molecule has 2 aliphatic carbocycles. The molecule has 1 aromatic rings. The molecular weight excluding hydrogens is 304 g/mol. The number of rotatable bonds is 7. The molecular formula is C18H30N4O2. The number of carbonyl (C=O) groups excluding carboxylic acids is 1. The molecule has 0 radical (unpaired) electrons. The SMILES string of the molecule is COC(=O)NCCCn1nc([C@@H](C)NC2CC2)c2c1C(C)(C)CC2. The maximum atomic E-state index is 11.2. The first-order valence-electron chi connectivity index (χ1n) is 9.10. The summed E-state index contributed by atoms with van der Waals surface area (Å²) < 4.78 is 6.79. The molecule has 1 amide bonds. The summed E-state index contributed by atoms with van der Waals surface area (Å²) in [5.41, 5.74) is 4.24. The van der Waals surface area contributed by atoms with Gasteiger partial charge in [0.15, 0.2) is 0 Å². The maximum absolute atomic E-state index is 11.2. The van der Waals surface area contributed by atoms with E-state index in [0.717, 1.165) is 19.4 Å². The highest BCUT2D eigenvalue weighted by Crippen LogP contribution is 2.41. The van der Waals surface area contributed by atoms with E-state index < -0.39 is 0 Å². The minimum absolute atomic E-state index is 0.176. The van der Waals surface area contributed by atoms with Gasteiger partial charge in [-0.3, -0.25) is 4.68 Å². The number of hydrogen-bond donors (Lipinski definition) is 2.